The number of ether oxygens (including phenoxy) is 5. The number of benzene rings is 6. The van der Waals surface area contributed by atoms with E-state index in [0.29, 0.717) is 43.4 Å². The Morgan fingerprint density at radius 2 is 1.07 bits per heavy atom. The van der Waals surface area contributed by atoms with Crippen LogP contribution in [0, 0.1) is 0 Å². The van der Waals surface area contributed by atoms with E-state index in [1.807, 2.05) is 133 Å². The fourth-order valence-corrected chi connectivity index (χ4v) is 8.65. The van der Waals surface area contributed by atoms with E-state index in [2.05, 4.69) is 24.3 Å². The van der Waals surface area contributed by atoms with Gasteiger partial charge in [0.05, 0.1) is 33.0 Å². The van der Waals surface area contributed by atoms with Crippen LogP contribution >= 0.6 is 22.9 Å². The molecule has 290 valence electrons. The highest BCUT2D eigenvalue weighted by molar-refractivity contribution is 7.19. The van der Waals surface area contributed by atoms with Crippen molar-refractivity contribution in [2.75, 3.05) is 6.61 Å². The number of aromatic hydroxyl groups is 1. The predicted octanol–water partition coefficient (Wildman–Crippen LogP) is 11.3. The standard InChI is InChI=1S/C49H45ClO6S/c50-42-28-43(51)41(27-39(42)26-40-25-38-23-13-14-24-45(38)57-40)46-48(54-31-36-19-9-3-10-20-36)49(55-32-37-21-11-4-12-22-37)47(53-30-35-17-7-2-8-18-35)44(56-46)33-52-29-34-15-5-1-6-16-34/h1-25,27-28,44,46-49,51H,26,29-33H2/t44-,46+,47-,48+,49+/m1/s1. The molecule has 0 unspecified atom stereocenters. The Bertz CT molecular complexity index is 2270. The molecule has 8 heteroatoms. The Hall–Kier alpha value is -4.83. The molecule has 0 amide bonds. The van der Waals surface area contributed by atoms with Crippen molar-refractivity contribution in [1.82, 2.24) is 0 Å². The number of phenols is 1. The van der Waals surface area contributed by atoms with E-state index in [9.17, 15) is 5.11 Å². The molecule has 0 saturated carbocycles. The molecule has 0 aliphatic carbocycles. The lowest BCUT2D eigenvalue weighted by atomic mass is 9.89. The second kappa shape index (κ2) is 19.1. The van der Waals surface area contributed by atoms with Crippen molar-refractivity contribution in [2.24, 2.45) is 0 Å². The summed E-state index contributed by atoms with van der Waals surface area (Å²) < 4.78 is 35.4. The second-order valence-electron chi connectivity index (χ2n) is 14.3. The van der Waals surface area contributed by atoms with Crippen LogP contribution in [0.1, 0.15) is 44.4 Å². The normalized spacial score (nSPS) is 19.5. The molecule has 6 aromatic carbocycles. The largest absolute Gasteiger partial charge is 0.508 e. The maximum absolute atomic E-state index is 11.8. The summed E-state index contributed by atoms with van der Waals surface area (Å²) in [5.74, 6) is 0.0211. The van der Waals surface area contributed by atoms with Crippen LogP contribution in [0.4, 0.5) is 0 Å². The lowest BCUT2D eigenvalue weighted by Crippen LogP contribution is -2.58. The smallest absolute Gasteiger partial charge is 0.122 e. The van der Waals surface area contributed by atoms with Gasteiger partial charge in [0.2, 0.25) is 0 Å². The van der Waals surface area contributed by atoms with Crippen molar-refractivity contribution in [3.05, 3.63) is 207 Å². The zero-order chi connectivity index (χ0) is 38.8. The highest BCUT2D eigenvalue weighted by Gasteiger charge is 2.49. The Morgan fingerprint density at radius 3 is 1.65 bits per heavy atom. The van der Waals surface area contributed by atoms with Gasteiger partial charge in [-0.25, -0.2) is 0 Å². The number of phenolic OH excluding ortho intramolecular Hbond substituents is 1. The number of rotatable bonds is 16. The van der Waals surface area contributed by atoms with E-state index < -0.39 is 30.5 Å². The first-order chi connectivity index (χ1) is 28.1. The minimum absolute atomic E-state index is 0.0211. The molecular weight excluding hydrogens is 752 g/mol. The molecule has 7 aromatic rings. The van der Waals surface area contributed by atoms with Gasteiger partial charge in [0.1, 0.15) is 36.3 Å². The van der Waals surface area contributed by atoms with Crippen LogP contribution in [-0.4, -0.2) is 36.1 Å². The fourth-order valence-electron chi connectivity index (χ4n) is 7.34. The second-order valence-corrected chi connectivity index (χ2v) is 15.9. The number of hydrogen-bond donors (Lipinski definition) is 1. The maximum Gasteiger partial charge on any atom is 0.122 e. The molecule has 57 heavy (non-hydrogen) atoms. The minimum atomic E-state index is -0.769. The summed E-state index contributed by atoms with van der Waals surface area (Å²) in [6.45, 7) is 1.54. The van der Waals surface area contributed by atoms with E-state index in [1.54, 1.807) is 17.4 Å². The molecule has 1 aliphatic rings. The van der Waals surface area contributed by atoms with E-state index in [1.165, 1.54) is 15.0 Å². The molecule has 0 bridgehead atoms. The summed E-state index contributed by atoms with van der Waals surface area (Å²) in [6.07, 6.45) is -2.72. The number of hydrogen-bond acceptors (Lipinski definition) is 7. The van der Waals surface area contributed by atoms with Gasteiger partial charge < -0.3 is 28.8 Å². The van der Waals surface area contributed by atoms with E-state index >= 15 is 0 Å². The first-order valence-corrected chi connectivity index (χ1v) is 20.5. The van der Waals surface area contributed by atoms with Crippen molar-refractivity contribution in [2.45, 2.75) is 63.4 Å². The van der Waals surface area contributed by atoms with Gasteiger partial charge in [0, 0.05) is 26.6 Å². The molecule has 1 N–H and O–H groups in total. The van der Waals surface area contributed by atoms with Gasteiger partial charge in [-0.1, -0.05) is 151 Å². The minimum Gasteiger partial charge on any atom is -0.508 e. The first-order valence-electron chi connectivity index (χ1n) is 19.3. The summed E-state index contributed by atoms with van der Waals surface area (Å²) in [4.78, 5) is 1.17. The van der Waals surface area contributed by atoms with Crippen LogP contribution in [0.5, 0.6) is 5.75 Å². The van der Waals surface area contributed by atoms with Crippen LogP contribution in [-0.2, 0) is 56.5 Å². The van der Waals surface area contributed by atoms with E-state index in [-0.39, 0.29) is 12.4 Å². The molecule has 1 aromatic heterocycles. The zero-order valence-corrected chi connectivity index (χ0v) is 33.1. The number of fused-ring (bicyclic) bond motifs is 1. The van der Waals surface area contributed by atoms with Crippen molar-refractivity contribution in [1.29, 1.82) is 0 Å². The van der Waals surface area contributed by atoms with Crippen LogP contribution < -0.4 is 0 Å². The van der Waals surface area contributed by atoms with Crippen molar-refractivity contribution >= 4 is 33.0 Å². The van der Waals surface area contributed by atoms with Crippen LogP contribution in [0.15, 0.2) is 164 Å². The lowest BCUT2D eigenvalue weighted by molar-refractivity contribution is -0.275. The summed E-state index contributed by atoms with van der Waals surface area (Å²) >= 11 is 8.64. The Labute approximate surface area is 343 Å². The Morgan fingerprint density at radius 1 is 0.561 bits per heavy atom. The van der Waals surface area contributed by atoms with Gasteiger partial charge in [-0.15, -0.1) is 11.3 Å². The molecule has 0 spiro atoms. The SMILES string of the molecule is Oc1cc(Cl)c(Cc2cc3ccccc3s2)cc1[C@@H]1O[C@H](COCc2ccccc2)[C@@H](OCc2ccccc2)[C@H](OCc2ccccc2)[C@H]1OCc1ccccc1. The van der Waals surface area contributed by atoms with Gasteiger partial charge >= 0.3 is 0 Å². The first kappa shape index (κ1) is 39.0. The van der Waals surface area contributed by atoms with Crippen molar-refractivity contribution in [3.8, 4) is 5.75 Å². The highest BCUT2D eigenvalue weighted by Crippen LogP contribution is 2.43. The molecule has 1 saturated heterocycles. The average molecular weight is 797 g/mol. The van der Waals surface area contributed by atoms with Crippen LogP contribution in [0.25, 0.3) is 10.1 Å². The van der Waals surface area contributed by atoms with E-state index in [4.69, 9.17) is 35.3 Å². The molecule has 1 aliphatic heterocycles. The molecule has 1 fully saturated rings. The third-order valence-electron chi connectivity index (χ3n) is 10.2. The summed E-state index contributed by atoms with van der Waals surface area (Å²) in [7, 11) is 0. The highest BCUT2D eigenvalue weighted by atomic mass is 35.5. The van der Waals surface area contributed by atoms with Gasteiger partial charge in [0.15, 0.2) is 0 Å². The Kier molecular flexibility index (Phi) is 13.1. The number of halogens is 1. The van der Waals surface area contributed by atoms with Crippen molar-refractivity contribution in [3.63, 3.8) is 0 Å². The topological polar surface area (TPSA) is 66.4 Å². The molecule has 6 nitrogen and oxygen atoms in total. The van der Waals surface area contributed by atoms with Gasteiger partial charge in [-0.05, 0) is 57.5 Å². The molecule has 5 atom stereocenters. The maximum atomic E-state index is 11.8. The van der Waals surface area contributed by atoms with Crippen molar-refractivity contribution < 1.29 is 28.8 Å². The molecule has 2 heterocycles. The van der Waals surface area contributed by atoms with Gasteiger partial charge in [-0.3, -0.25) is 0 Å². The molecule has 0 radical (unpaired) electrons. The lowest BCUT2D eigenvalue weighted by Gasteiger charge is -2.46. The third kappa shape index (κ3) is 10.0. The predicted molar refractivity (Wildman–Crippen MR) is 227 cm³/mol. The summed E-state index contributed by atoms with van der Waals surface area (Å²) in [5.41, 5.74) is 5.53. The van der Waals surface area contributed by atoms with E-state index in [0.717, 1.165) is 27.8 Å². The summed E-state index contributed by atoms with van der Waals surface area (Å²) in [5, 5.41) is 13.4. The molecular formula is C49H45ClO6S. The summed E-state index contributed by atoms with van der Waals surface area (Å²) in [6, 6.07) is 54.4. The average Bonchev–Trinajstić information content (AvgIpc) is 3.67. The number of thiophene rings is 1. The molecule has 8 rings (SSSR count). The monoisotopic (exact) mass is 796 g/mol. The van der Waals surface area contributed by atoms with Crippen LogP contribution in [0.2, 0.25) is 5.02 Å². The quantitative estimate of drug-likeness (QED) is 0.105. The third-order valence-corrected chi connectivity index (χ3v) is 11.7. The fraction of sp³-hybridized carbons (Fsp3) is 0.224. The van der Waals surface area contributed by atoms with Crippen LogP contribution in [0.3, 0.4) is 0 Å². The zero-order valence-electron chi connectivity index (χ0n) is 31.5. The Balaban J connectivity index is 1.18. The van der Waals surface area contributed by atoms with Gasteiger partial charge in [-0.2, -0.15) is 0 Å². The van der Waals surface area contributed by atoms with Gasteiger partial charge in [0.25, 0.3) is 0 Å².